The quantitative estimate of drug-likeness (QED) is 0.625. The van der Waals surface area contributed by atoms with Crippen LogP contribution < -0.4 is 10.2 Å². The number of benzene rings is 1. The molecule has 0 radical (unpaired) electrons. The van der Waals surface area contributed by atoms with Gasteiger partial charge in [-0.05, 0) is 48.9 Å². The molecule has 1 saturated carbocycles. The van der Waals surface area contributed by atoms with Crippen LogP contribution in [0, 0.1) is 0 Å². The van der Waals surface area contributed by atoms with Gasteiger partial charge >= 0.3 is 6.18 Å². The summed E-state index contributed by atoms with van der Waals surface area (Å²) in [4.78, 5) is 2.03. The lowest BCUT2D eigenvalue weighted by Gasteiger charge is -2.42. The van der Waals surface area contributed by atoms with Crippen molar-refractivity contribution in [2.24, 2.45) is 0 Å². The van der Waals surface area contributed by atoms with E-state index in [0.717, 1.165) is 19.8 Å². The number of nitrogens with zero attached hydrogens (tertiary/aromatic N) is 2. The molecule has 176 valence electrons. The Kier molecular flexibility index (Phi) is 6.32. The number of sulfonamides is 1. The molecule has 0 amide bonds. The summed E-state index contributed by atoms with van der Waals surface area (Å²) < 4.78 is 67.3. The smallest absolute Gasteiger partial charge is 0.376 e. The molecule has 1 saturated heterocycles. The molecule has 0 unspecified atom stereocenters. The van der Waals surface area contributed by atoms with E-state index in [0.29, 0.717) is 29.0 Å². The summed E-state index contributed by atoms with van der Waals surface area (Å²) in [6, 6.07) is 9.24. The molecule has 2 heterocycles. The van der Waals surface area contributed by atoms with Crippen LogP contribution in [0.5, 0.6) is 0 Å². The molecule has 2 atom stereocenters. The highest BCUT2D eigenvalue weighted by Gasteiger charge is 2.51. The first-order valence-electron chi connectivity index (χ1n) is 10.4. The maximum Gasteiger partial charge on any atom is 0.421 e. The van der Waals surface area contributed by atoms with Gasteiger partial charge in [-0.3, -0.25) is 0 Å². The van der Waals surface area contributed by atoms with Crippen molar-refractivity contribution >= 4 is 27.0 Å². The fourth-order valence-electron chi connectivity index (χ4n) is 3.83. The van der Waals surface area contributed by atoms with Crippen LogP contribution in [0.3, 0.4) is 0 Å². The fraction of sp³-hybridized carbons (Fsp3) is 0.524. The number of halogens is 3. The molecule has 0 bridgehead atoms. The number of alkyl halides is 3. The molecule has 32 heavy (non-hydrogen) atoms. The first-order chi connectivity index (χ1) is 15.0. The number of hydrogen-bond acceptors (Lipinski definition) is 6. The van der Waals surface area contributed by atoms with Crippen LogP contribution in [-0.4, -0.2) is 62.3 Å². The van der Waals surface area contributed by atoms with Crippen LogP contribution in [0.1, 0.15) is 25.3 Å². The second-order valence-corrected chi connectivity index (χ2v) is 11.6. The van der Waals surface area contributed by atoms with E-state index in [4.69, 9.17) is 0 Å². The third-order valence-electron chi connectivity index (χ3n) is 6.07. The Labute approximate surface area is 189 Å². The Balaban J connectivity index is 1.55. The van der Waals surface area contributed by atoms with Crippen LogP contribution in [0.4, 0.5) is 18.9 Å². The fourth-order valence-corrected chi connectivity index (χ4v) is 6.44. The van der Waals surface area contributed by atoms with E-state index >= 15 is 0 Å². The predicted molar refractivity (Wildman–Crippen MR) is 117 cm³/mol. The van der Waals surface area contributed by atoms with Gasteiger partial charge < -0.3 is 15.3 Å². The van der Waals surface area contributed by atoms with Crippen molar-refractivity contribution in [3.63, 3.8) is 0 Å². The largest absolute Gasteiger partial charge is 0.421 e. The SMILES string of the molecule is C[C@@](O)(c1ccc(N2CCN(S(=O)(=O)c3cccs3)C[C@@H]2CNC2CC2)cc1)C(F)(F)F. The second-order valence-electron chi connectivity index (χ2n) is 8.44. The lowest BCUT2D eigenvalue weighted by molar-refractivity contribution is -0.258. The molecule has 1 aromatic carbocycles. The highest BCUT2D eigenvalue weighted by Crippen LogP contribution is 2.39. The minimum atomic E-state index is -4.78. The standard InChI is InChI=1S/C21H26F3N3O3S2/c1-20(28,21(22,23)24)15-4-8-17(9-5-15)27-11-10-26(14-18(27)13-25-16-6-7-16)32(29,30)19-3-2-12-31-19/h2-5,8-9,12,16,18,25,28H,6-7,10-11,13-14H2,1H3/t18-,20+/m0/s1. The van der Waals surface area contributed by atoms with E-state index in [1.54, 1.807) is 29.6 Å². The molecule has 6 nitrogen and oxygen atoms in total. The van der Waals surface area contributed by atoms with Crippen molar-refractivity contribution < 1.29 is 26.7 Å². The summed E-state index contributed by atoms with van der Waals surface area (Å²) in [5.41, 5.74) is -2.48. The summed E-state index contributed by atoms with van der Waals surface area (Å²) in [5.74, 6) is 0. The molecular weight excluding hydrogens is 463 g/mol. The first kappa shape index (κ1) is 23.5. The van der Waals surface area contributed by atoms with Gasteiger partial charge in [-0.2, -0.15) is 17.5 Å². The number of thiophene rings is 1. The highest BCUT2D eigenvalue weighted by atomic mass is 32.2. The summed E-state index contributed by atoms with van der Waals surface area (Å²) >= 11 is 1.18. The van der Waals surface area contributed by atoms with Gasteiger partial charge in [0.1, 0.15) is 4.21 Å². The first-order valence-corrected chi connectivity index (χ1v) is 12.8. The Morgan fingerprint density at radius 1 is 1.16 bits per heavy atom. The van der Waals surface area contributed by atoms with Gasteiger partial charge in [-0.25, -0.2) is 8.42 Å². The van der Waals surface area contributed by atoms with Crippen LogP contribution in [0.2, 0.25) is 0 Å². The molecule has 1 aromatic heterocycles. The van der Waals surface area contributed by atoms with Crippen molar-refractivity contribution in [3.8, 4) is 0 Å². The monoisotopic (exact) mass is 489 g/mol. The predicted octanol–water partition coefficient (Wildman–Crippen LogP) is 3.15. The van der Waals surface area contributed by atoms with Gasteiger partial charge in [0, 0.05) is 37.9 Å². The molecule has 1 aliphatic carbocycles. The highest BCUT2D eigenvalue weighted by molar-refractivity contribution is 7.91. The van der Waals surface area contributed by atoms with E-state index in [1.807, 2.05) is 4.90 Å². The van der Waals surface area contributed by atoms with E-state index in [1.165, 1.54) is 27.8 Å². The molecule has 2 aliphatic rings. The number of hydrogen-bond donors (Lipinski definition) is 2. The molecule has 4 rings (SSSR count). The maximum atomic E-state index is 13.2. The number of rotatable bonds is 7. The Morgan fingerprint density at radius 2 is 1.84 bits per heavy atom. The van der Waals surface area contributed by atoms with Crippen molar-refractivity contribution in [2.45, 2.75) is 47.8 Å². The third-order valence-corrected chi connectivity index (χ3v) is 9.31. The topological polar surface area (TPSA) is 72.9 Å². The Hall–Kier alpha value is -1.66. The summed E-state index contributed by atoms with van der Waals surface area (Å²) in [5, 5.41) is 15.1. The zero-order valence-electron chi connectivity index (χ0n) is 17.5. The second kappa shape index (κ2) is 8.60. The zero-order valence-corrected chi connectivity index (χ0v) is 19.2. The molecule has 1 aliphatic heterocycles. The molecule has 0 spiro atoms. The summed E-state index contributed by atoms with van der Waals surface area (Å²) in [6.45, 7) is 2.28. The zero-order chi connectivity index (χ0) is 23.1. The third kappa shape index (κ3) is 4.67. The number of anilines is 1. The van der Waals surface area contributed by atoms with Crippen molar-refractivity contribution in [1.82, 2.24) is 9.62 Å². The van der Waals surface area contributed by atoms with Gasteiger partial charge in [0.2, 0.25) is 0 Å². The number of aliphatic hydroxyl groups is 1. The van der Waals surface area contributed by atoms with Crippen molar-refractivity contribution in [3.05, 3.63) is 47.3 Å². The molecular formula is C21H26F3N3O3S2. The average molecular weight is 490 g/mol. The minimum absolute atomic E-state index is 0.173. The Bertz CT molecular complexity index is 1020. The van der Waals surface area contributed by atoms with Gasteiger partial charge in [-0.15, -0.1) is 11.3 Å². The average Bonchev–Trinajstić information content (AvgIpc) is 3.40. The maximum absolute atomic E-state index is 13.2. The van der Waals surface area contributed by atoms with E-state index in [-0.39, 0.29) is 24.7 Å². The Morgan fingerprint density at radius 3 is 2.41 bits per heavy atom. The minimum Gasteiger partial charge on any atom is -0.376 e. The lowest BCUT2D eigenvalue weighted by atomic mass is 9.95. The van der Waals surface area contributed by atoms with E-state index in [2.05, 4.69) is 5.32 Å². The lowest BCUT2D eigenvalue weighted by Crippen LogP contribution is -2.58. The molecule has 2 N–H and O–H groups in total. The van der Waals surface area contributed by atoms with Crippen LogP contribution in [0.25, 0.3) is 0 Å². The van der Waals surface area contributed by atoms with E-state index < -0.39 is 21.8 Å². The normalized spacial score (nSPS) is 22.7. The van der Waals surface area contributed by atoms with Crippen LogP contribution in [0.15, 0.2) is 46.0 Å². The van der Waals surface area contributed by atoms with Crippen molar-refractivity contribution in [2.75, 3.05) is 31.1 Å². The van der Waals surface area contributed by atoms with Gasteiger partial charge in [-0.1, -0.05) is 18.2 Å². The van der Waals surface area contributed by atoms with Crippen LogP contribution in [-0.2, 0) is 15.6 Å². The van der Waals surface area contributed by atoms with Gasteiger partial charge in [0.25, 0.3) is 10.0 Å². The molecule has 2 fully saturated rings. The number of piperazine rings is 1. The van der Waals surface area contributed by atoms with Crippen LogP contribution >= 0.6 is 11.3 Å². The van der Waals surface area contributed by atoms with Crippen molar-refractivity contribution in [1.29, 1.82) is 0 Å². The van der Waals surface area contributed by atoms with Gasteiger partial charge in [0.05, 0.1) is 6.04 Å². The molecule has 11 heteroatoms. The molecule has 2 aromatic rings. The van der Waals surface area contributed by atoms with Gasteiger partial charge in [0.15, 0.2) is 5.60 Å². The number of nitrogens with one attached hydrogen (secondary N) is 1. The van der Waals surface area contributed by atoms with E-state index in [9.17, 15) is 26.7 Å². The summed E-state index contributed by atoms with van der Waals surface area (Å²) in [6.07, 6.45) is -2.61. The summed E-state index contributed by atoms with van der Waals surface area (Å²) in [7, 11) is -3.58.